The molecule has 3 N–H and O–H groups in total. The van der Waals surface area contributed by atoms with Gasteiger partial charge in [-0.15, -0.1) is 12.4 Å². The van der Waals surface area contributed by atoms with E-state index < -0.39 is 6.04 Å². The molecule has 1 saturated heterocycles. The molecule has 0 aliphatic carbocycles. The molecule has 0 saturated carbocycles. The molecule has 1 aromatic carbocycles. The highest BCUT2D eigenvalue weighted by Gasteiger charge is 2.27. The van der Waals surface area contributed by atoms with Gasteiger partial charge in [0, 0.05) is 19.3 Å². The van der Waals surface area contributed by atoms with Crippen LogP contribution in [0.3, 0.4) is 0 Å². The van der Waals surface area contributed by atoms with Crippen LogP contribution in [-0.2, 0) is 16.0 Å². The molecule has 1 fully saturated rings. The van der Waals surface area contributed by atoms with E-state index >= 15 is 0 Å². The molecular weight excluding hydrogens is 387 g/mol. The molecule has 1 aliphatic rings. The van der Waals surface area contributed by atoms with Crippen molar-refractivity contribution < 1.29 is 13.9 Å². The highest BCUT2D eigenvalue weighted by atomic mass is 79.9. The average molecular weight is 410 g/mol. The first-order chi connectivity index (χ1) is 10.5. The van der Waals surface area contributed by atoms with E-state index in [9.17, 15) is 9.18 Å². The lowest BCUT2D eigenvalue weighted by Gasteiger charge is -2.27. The van der Waals surface area contributed by atoms with Gasteiger partial charge in [-0.2, -0.15) is 0 Å². The zero-order valence-electron chi connectivity index (χ0n) is 13.1. The Morgan fingerprint density at radius 1 is 1.48 bits per heavy atom. The van der Waals surface area contributed by atoms with Crippen LogP contribution in [0.1, 0.15) is 25.3 Å². The zero-order valence-corrected chi connectivity index (χ0v) is 15.5. The fraction of sp³-hybridized carbons (Fsp3) is 0.562. The van der Waals surface area contributed by atoms with Crippen molar-refractivity contribution in [3.05, 3.63) is 34.1 Å². The largest absolute Gasteiger partial charge is 0.381 e. The maximum absolute atomic E-state index is 13.2. The first-order valence-electron chi connectivity index (χ1n) is 7.55. The molecule has 1 aromatic rings. The molecule has 23 heavy (non-hydrogen) atoms. The van der Waals surface area contributed by atoms with E-state index in [1.54, 1.807) is 12.1 Å². The number of hydrogen-bond acceptors (Lipinski definition) is 3. The van der Waals surface area contributed by atoms with Gasteiger partial charge in [0.1, 0.15) is 5.82 Å². The Hall–Kier alpha value is -0.690. The summed E-state index contributed by atoms with van der Waals surface area (Å²) in [5, 5.41) is 2.95. The van der Waals surface area contributed by atoms with Gasteiger partial charge in [0.25, 0.3) is 0 Å². The van der Waals surface area contributed by atoms with Crippen LogP contribution in [-0.4, -0.2) is 31.2 Å². The number of carbonyl (C=O) groups excluding carboxylic acids is 1. The summed E-state index contributed by atoms with van der Waals surface area (Å²) >= 11 is 3.17. The SMILES string of the molecule is CC(Cc1ccc(F)c(Br)c1)NC(=O)C(N)C1CCOCC1.Cl. The number of nitrogens with one attached hydrogen (secondary N) is 1. The van der Waals surface area contributed by atoms with Crippen LogP contribution in [0, 0.1) is 11.7 Å². The van der Waals surface area contributed by atoms with Crippen LogP contribution in [0.5, 0.6) is 0 Å². The van der Waals surface area contributed by atoms with Crippen molar-refractivity contribution in [3.8, 4) is 0 Å². The summed E-state index contributed by atoms with van der Waals surface area (Å²) in [6.07, 6.45) is 2.28. The first kappa shape index (κ1) is 20.4. The van der Waals surface area contributed by atoms with Crippen molar-refractivity contribution in [1.29, 1.82) is 0 Å². The van der Waals surface area contributed by atoms with Crippen LogP contribution in [0.4, 0.5) is 4.39 Å². The number of hydrogen-bond donors (Lipinski definition) is 2. The van der Waals surface area contributed by atoms with Crippen molar-refractivity contribution in [2.45, 2.75) is 38.3 Å². The van der Waals surface area contributed by atoms with Gasteiger partial charge in [-0.1, -0.05) is 6.07 Å². The minimum Gasteiger partial charge on any atom is -0.381 e. The Labute approximate surface area is 150 Å². The number of benzene rings is 1. The molecule has 7 heteroatoms. The van der Waals surface area contributed by atoms with E-state index in [1.807, 2.05) is 6.92 Å². The van der Waals surface area contributed by atoms with Gasteiger partial charge in [0.2, 0.25) is 5.91 Å². The lowest BCUT2D eigenvalue weighted by molar-refractivity contribution is -0.124. The van der Waals surface area contributed by atoms with Crippen molar-refractivity contribution >= 4 is 34.2 Å². The molecule has 1 heterocycles. The lowest BCUT2D eigenvalue weighted by atomic mass is 9.91. The van der Waals surface area contributed by atoms with Crippen molar-refractivity contribution in [3.63, 3.8) is 0 Å². The van der Waals surface area contributed by atoms with Crippen molar-refractivity contribution in [1.82, 2.24) is 5.32 Å². The van der Waals surface area contributed by atoms with Gasteiger partial charge in [-0.25, -0.2) is 4.39 Å². The smallest absolute Gasteiger partial charge is 0.237 e. The van der Waals surface area contributed by atoms with E-state index in [0.717, 1.165) is 18.4 Å². The fourth-order valence-corrected chi connectivity index (χ4v) is 3.13. The number of carbonyl (C=O) groups is 1. The predicted octanol–water partition coefficient (Wildman–Crippen LogP) is 2.81. The number of halogens is 3. The molecule has 1 aliphatic heterocycles. The topological polar surface area (TPSA) is 64.4 Å². The standard InChI is InChI=1S/C16H22BrFN2O2.ClH/c1-10(8-11-2-3-14(18)13(17)9-11)20-16(21)15(19)12-4-6-22-7-5-12;/h2-3,9-10,12,15H,4-8,19H2,1H3,(H,20,21);1H. The van der Waals surface area contributed by atoms with E-state index in [-0.39, 0.29) is 36.1 Å². The van der Waals surface area contributed by atoms with Crippen LogP contribution >= 0.6 is 28.3 Å². The molecule has 4 nitrogen and oxygen atoms in total. The van der Waals surface area contributed by atoms with Gasteiger partial charge < -0.3 is 15.8 Å². The summed E-state index contributed by atoms with van der Waals surface area (Å²) in [6, 6.07) is 4.32. The lowest BCUT2D eigenvalue weighted by Crippen LogP contribution is -2.49. The Balaban J connectivity index is 0.00000264. The second-order valence-electron chi connectivity index (χ2n) is 5.84. The number of amides is 1. The molecule has 0 aromatic heterocycles. The summed E-state index contributed by atoms with van der Waals surface area (Å²) in [5.41, 5.74) is 7.01. The average Bonchev–Trinajstić information content (AvgIpc) is 2.51. The Kier molecular flexibility index (Phi) is 8.47. The number of nitrogens with two attached hydrogens (primary N) is 1. The molecule has 2 unspecified atom stereocenters. The number of rotatable bonds is 5. The van der Waals surface area contributed by atoms with Gasteiger partial charge >= 0.3 is 0 Å². The van der Waals surface area contributed by atoms with E-state index in [0.29, 0.717) is 24.1 Å². The maximum Gasteiger partial charge on any atom is 0.237 e. The van der Waals surface area contributed by atoms with Crippen LogP contribution in [0.2, 0.25) is 0 Å². The molecule has 130 valence electrons. The van der Waals surface area contributed by atoms with E-state index in [1.165, 1.54) is 6.07 Å². The predicted molar refractivity (Wildman–Crippen MR) is 94.2 cm³/mol. The van der Waals surface area contributed by atoms with Gasteiger partial charge in [-0.05, 0) is 65.7 Å². The van der Waals surface area contributed by atoms with Crippen LogP contribution < -0.4 is 11.1 Å². The highest BCUT2D eigenvalue weighted by molar-refractivity contribution is 9.10. The molecule has 0 radical (unpaired) electrons. The second-order valence-corrected chi connectivity index (χ2v) is 6.69. The summed E-state index contributed by atoms with van der Waals surface area (Å²) in [5.74, 6) is -0.233. The summed E-state index contributed by atoms with van der Waals surface area (Å²) < 4.78 is 18.9. The second kappa shape index (κ2) is 9.57. The molecule has 0 spiro atoms. The molecule has 1 amide bonds. The quantitative estimate of drug-likeness (QED) is 0.786. The zero-order chi connectivity index (χ0) is 16.1. The van der Waals surface area contributed by atoms with Crippen molar-refractivity contribution in [2.24, 2.45) is 11.7 Å². The fourth-order valence-electron chi connectivity index (χ4n) is 2.70. The van der Waals surface area contributed by atoms with Crippen LogP contribution in [0.15, 0.2) is 22.7 Å². The third-order valence-electron chi connectivity index (χ3n) is 3.99. The third kappa shape index (κ3) is 6.03. The summed E-state index contributed by atoms with van der Waals surface area (Å²) in [4.78, 5) is 12.2. The normalized spacial score (nSPS) is 17.9. The first-order valence-corrected chi connectivity index (χ1v) is 8.34. The molecule has 0 bridgehead atoms. The molecule has 2 rings (SSSR count). The molecular formula is C16H23BrClFN2O2. The van der Waals surface area contributed by atoms with E-state index in [4.69, 9.17) is 10.5 Å². The molecule has 2 atom stereocenters. The number of ether oxygens (including phenoxy) is 1. The van der Waals surface area contributed by atoms with Gasteiger partial charge in [0.05, 0.1) is 10.5 Å². The third-order valence-corrected chi connectivity index (χ3v) is 4.60. The minimum atomic E-state index is -0.494. The van der Waals surface area contributed by atoms with Gasteiger partial charge in [0.15, 0.2) is 0 Å². The maximum atomic E-state index is 13.2. The Morgan fingerprint density at radius 2 is 2.13 bits per heavy atom. The monoisotopic (exact) mass is 408 g/mol. The van der Waals surface area contributed by atoms with Crippen molar-refractivity contribution in [2.75, 3.05) is 13.2 Å². The summed E-state index contributed by atoms with van der Waals surface area (Å²) in [7, 11) is 0. The Bertz CT molecular complexity index is 527. The highest BCUT2D eigenvalue weighted by Crippen LogP contribution is 2.19. The van der Waals surface area contributed by atoms with Crippen LogP contribution in [0.25, 0.3) is 0 Å². The van der Waals surface area contributed by atoms with E-state index in [2.05, 4.69) is 21.2 Å². The minimum absolute atomic E-state index is 0. The Morgan fingerprint density at radius 3 is 2.74 bits per heavy atom. The summed E-state index contributed by atoms with van der Waals surface area (Å²) in [6.45, 7) is 3.27. The van der Waals surface area contributed by atoms with Gasteiger partial charge in [-0.3, -0.25) is 4.79 Å².